The highest BCUT2D eigenvalue weighted by atomic mass is 35.5. The molecule has 2 amide bonds. The van der Waals surface area contributed by atoms with E-state index in [4.69, 9.17) is 21.1 Å². The number of thiophene rings is 1. The first-order valence-corrected chi connectivity index (χ1v) is 13.1. The summed E-state index contributed by atoms with van der Waals surface area (Å²) in [6.45, 7) is 1.91. The van der Waals surface area contributed by atoms with Crippen LogP contribution in [0.1, 0.15) is 56.5 Å². The first kappa shape index (κ1) is 27.0. The van der Waals surface area contributed by atoms with Gasteiger partial charge in [0.15, 0.2) is 0 Å². The van der Waals surface area contributed by atoms with Crippen molar-refractivity contribution in [2.24, 2.45) is 5.10 Å². The Labute approximate surface area is 227 Å². The summed E-state index contributed by atoms with van der Waals surface area (Å²) in [5.74, 6) is -2.86. The normalized spacial score (nSPS) is 12.5. The molecule has 0 saturated carbocycles. The Bertz CT molecular complexity index is 1420. The van der Waals surface area contributed by atoms with Crippen LogP contribution in [0.5, 0.6) is 5.75 Å². The lowest BCUT2D eigenvalue weighted by molar-refractivity contribution is -0.136. The summed E-state index contributed by atoms with van der Waals surface area (Å²) in [6, 6.07) is 13.0. The minimum Gasteiger partial charge on any atom is -0.462 e. The van der Waals surface area contributed by atoms with Crippen molar-refractivity contribution in [2.45, 2.75) is 32.6 Å². The molecule has 1 aromatic heterocycles. The highest BCUT2D eigenvalue weighted by Gasteiger charge is 2.28. The molecule has 0 saturated heterocycles. The molecular formula is C27H24ClN3O6S. The summed E-state index contributed by atoms with van der Waals surface area (Å²) < 4.78 is 10.5. The topological polar surface area (TPSA) is 123 Å². The molecule has 0 aliphatic heterocycles. The third kappa shape index (κ3) is 6.45. The number of hydrazone groups is 1. The molecule has 4 rings (SSSR count). The molecule has 0 unspecified atom stereocenters. The van der Waals surface area contributed by atoms with E-state index in [2.05, 4.69) is 15.8 Å². The van der Waals surface area contributed by atoms with Crippen LogP contribution in [0.2, 0.25) is 5.02 Å². The van der Waals surface area contributed by atoms with Crippen LogP contribution in [0.15, 0.2) is 53.6 Å². The van der Waals surface area contributed by atoms with Gasteiger partial charge in [-0.3, -0.25) is 9.59 Å². The number of nitrogens with one attached hydrogen (secondary N) is 2. The smallest absolute Gasteiger partial charge is 0.345 e. The van der Waals surface area contributed by atoms with Gasteiger partial charge in [-0.05, 0) is 68.0 Å². The van der Waals surface area contributed by atoms with Crippen LogP contribution in [-0.2, 0) is 27.2 Å². The Morgan fingerprint density at radius 3 is 2.61 bits per heavy atom. The molecule has 0 radical (unpaired) electrons. The third-order valence-corrected chi connectivity index (χ3v) is 7.16. The predicted molar refractivity (Wildman–Crippen MR) is 144 cm³/mol. The van der Waals surface area contributed by atoms with Crippen LogP contribution in [0.4, 0.5) is 5.00 Å². The summed E-state index contributed by atoms with van der Waals surface area (Å²) in [4.78, 5) is 50.8. The molecule has 2 aromatic carbocycles. The number of rotatable bonds is 7. The fourth-order valence-electron chi connectivity index (χ4n) is 3.90. The van der Waals surface area contributed by atoms with Crippen LogP contribution in [0.3, 0.4) is 0 Å². The minimum atomic E-state index is -1.01. The first-order valence-electron chi connectivity index (χ1n) is 11.9. The number of aryl methyl sites for hydroxylation is 1. The average Bonchev–Trinajstić information content (AvgIpc) is 3.27. The van der Waals surface area contributed by atoms with Gasteiger partial charge < -0.3 is 14.8 Å². The Balaban J connectivity index is 1.38. The molecule has 3 aromatic rings. The zero-order valence-corrected chi connectivity index (χ0v) is 22.0. The summed E-state index contributed by atoms with van der Waals surface area (Å²) in [5.41, 5.74) is 4.09. The molecule has 196 valence electrons. The molecule has 2 N–H and O–H groups in total. The molecular weight excluding hydrogens is 530 g/mol. The number of amides is 2. The highest BCUT2D eigenvalue weighted by Crippen LogP contribution is 2.38. The number of hydrogen-bond donors (Lipinski definition) is 2. The molecule has 0 bridgehead atoms. The lowest BCUT2D eigenvalue weighted by Gasteiger charge is -2.12. The van der Waals surface area contributed by atoms with Gasteiger partial charge in [0.25, 0.3) is 0 Å². The number of esters is 2. The van der Waals surface area contributed by atoms with Gasteiger partial charge >= 0.3 is 23.8 Å². The van der Waals surface area contributed by atoms with E-state index < -0.39 is 23.8 Å². The van der Waals surface area contributed by atoms with Gasteiger partial charge in [-0.2, -0.15) is 5.10 Å². The molecule has 0 atom stereocenters. The van der Waals surface area contributed by atoms with Crippen molar-refractivity contribution in [1.82, 2.24) is 5.43 Å². The van der Waals surface area contributed by atoms with Gasteiger partial charge in [0.1, 0.15) is 10.8 Å². The van der Waals surface area contributed by atoms with E-state index in [0.717, 1.165) is 36.1 Å². The number of nitrogens with zero attached hydrogens (tertiary/aromatic N) is 1. The fourth-order valence-corrected chi connectivity index (χ4v) is 5.38. The Morgan fingerprint density at radius 2 is 1.82 bits per heavy atom. The summed E-state index contributed by atoms with van der Waals surface area (Å²) in [5, 5.41) is 6.91. The van der Waals surface area contributed by atoms with Gasteiger partial charge in [-0.25, -0.2) is 15.0 Å². The van der Waals surface area contributed by atoms with Crippen molar-refractivity contribution < 1.29 is 28.7 Å². The van der Waals surface area contributed by atoms with Gasteiger partial charge in [-0.15, -0.1) is 11.3 Å². The van der Waals surface area contributed by atoms with Gasteiger partial charge in [0.2, 0.25) is 0 Å². The van der Waals surface area contributed by atoms with E-state index >= 15 is 0 Å². The van der Waals surface area contributed by atoms with Crippen LogP contribution < -0.4 is 15.5 Å². The summed E-state index contributed by atoms with van der Waals surface area (Å²) >= 11 is 7.33. The average molecular weight is 554 g/mol. The molecule has 1 heterocycles. The number of carbonyl (C=O) groups is 4. The number of halogens is 1. The lowest BCUT2D eigenvalue weighted by Crippen LogP contribution is -2.32. The zero-order valence-electron chi connectivity index (χ0n) is 20.4. The second-order valence-electron chi connectivity index (χ2n) is 8.23. The van der Waals surface area contributed by atoms with Crippen LogP contribution >= 0.6 is 22.9 Å². The quantitative estimate of drug-likeness (QED) is 0.143. The van der Waals surface area contributed by atoms with Gasteiger partial charge in [0, 0.05) is 4.88 Å². The van der Waals surface area contributed by atoms with Crippen molar-refractivity contribution in [3.8, 4) is 5.75 Å². The van der Waals surface area contributed by atoms with Gasteiger partial charge in [-0.1, -0.05) is 35.9 Å². The standard InChI is InChI=1S/C27H24ClN3O6S/c1-2-36-27(35)22-19-11-4-6-13-21(19)38-25(22)30-23(32)24(33)31-29-15-16-8-7-9-17(14-16)37-26(34)18-10-3-5-12-20(18)28/h3,5,7-10,12,14-15H,2,4,6,11,13H2,1H3,(H,30,32)(H,31,33)/b29-15+. The number of hydrogen-bond acceptors (Lipinski definition) is 8. The maximum Gasteiger partial charge on any atom is 0.345 e. The van der Waals surface area contributed by atoms with E-state index in [9.17, 15) is 19.2 Å². The minimum absolute atomic E-state index is 0.201. The van der Waals surface area contributed by atoms with Crippen LogP contribution in [0, 0.1) is 0 Å². The fraction of sp³-hybridized carbons (Fsp3) is 0.222. The maximum atomic E-state index is 12.5. The summed E-state index contributed by atoms with van der Waals surface area (Å²) in [7, 11) is 0. The van der Waals surface area contributed by atoms with Crippen molar-refractivity contribution in [3.63, 3.8) is 0 Å². The molecule has 0 fully saturated rings. The van der Waals surface area contributed by atoms with E-state index in [0.29, 0.717) is 16.1 Å². The van der Waals surface area contributed by atoms with E-state index in [1.807, 2.05) is 0 Å². The largest absolute Gasteiger partial charge is 0.462 e. The van der Waals surface area contributed by atoms with Crippen molar-refractivity contribution >= 4 is 57.9 Å². The molecule has 0 spiro atoms. The molecule has 9 nitrogen and oxygen atoms in total. The Kier molecular flexibility index (Phi) is 8.88. The molecule has 38 heavy (non-hydrogen) atoms. The number of ether oxygens (including phenoxy) is 2. The first-order chi connectivity index (χ1) is 18.4. The number of benzene rings is 2. The molecule has 1 aliphatic rings. The second-order valence-corrected chi connectivity index (χ2v) is 9.74. The van der Waals surface area contributed by atoms with Crippen molar-refractivity contribution in [1.29, 1.82) is 0 Å². The van der Waals surface area contributed by atoms with E-state index in [1.165, 1.54) is 23.6 Å². The Morgan fingerprint density at radius 1 is 1.03 bits per heavy atom. The maximum absolute atomic E-state index is 12.5. The predicted octanol–water partition coefficient (Wildman–Crippen LogP) is 4.77. The highest BCUT2D eigenvalue weighted by molar-refractivity contribution is 7.17. The van der Waals surface area contributed by atoms with Crippen molar-refractivity contribution in [2.75, 3.05) is 11.9 Å². The second kappa shape index (κ2) is 12.5. The van der Waals surface area contributed by atoms with E-state index in [-0.39, 0.29) is 22.9 Å². The monoisotopic (exact) mass is 553 g/mol. The SMILES string of the molecule is CCOC(=O)c1c(NC(=O)C(=O)N/N=C/c2cccc(OC(=O)c3ccccc3Cl)c2)sc2c1CCCC2. The summed E-state index contributed by atoms with van der Waals surface area (Å²) in [6.07, 6.45) is 4.77. The molecule has 11 heteroatoms. The van der Waals surface area contributed by atoms with E-state index in [1.54, 1.807) is 49.4 Å². The number of carbonyl (C=O) groups excluding carboxylic acids is 4. The lowest BCUT2D eigenvalue weighted by atomic mass is 9.95. The zero-order chi connectivity index (χ0) is 27.1. The third-order valence-electron chi connectivity index (χ3n) is 5.63. The van der Waals surface area contributed by atoms with Crippen LogP contribution in [0.25, 0.3) is 0 Å². The van der Waals surface area contributed by atoms with Crippen molar-refractivity contribution in [3.05, 3.63) is 80.7 Å². The number of anilines is 1. The Hall–Kier alpha value is -4.02. The molecule has 1 aliphatic carbocycles. The van der Waals surface area contributed by atoms with Crippen LogP contribution in [-0.4, -0.2) is 36.6 Å². The number of fused-ring (bicyclic) bond motifs is 1. The van der Waals surface area contributed by atoms with Gasteiger partial charge in [0.05, 0.1) is 29.0 Å².